The molecule has 0 spiro atoms. The van der Waals surface area contributed by atoms with E-state index in [-0.39, 0.29) is 23.5 Å². The summed E-state index contributed by atoms with van der Waals surface area (Å²) in [4.78, 5) is 26.5. The number of ether oxygens (including phenoxy) is 3. The summed E-state index contributed by atoms with van der Waals surface area (Å²) in [5, 5.41) is 0.518. The third kappa shape index (κ3) is 5.07. The molecule has 0 N–H and O–H groups in total. The number of hydrogen-bond acceptors (Lipinski definition) is 5. The Labute approximate surface area is 199 Å². The molecule has 33 heavy (non-hydrogen) atoms. The van der Waals surface area contributed by atoms with Crippen LogP contribution in [-0.4, -0.2) is 54.8 Å². The molecule has 1 atom stereocenters. The molecule has 7 heteroatoms. The van der Waals surface area contributed by atoms with E-state index in [9.17, 15) is 9.59 Å². The summed E-state index contributed by atoms with van der Waals surface area (Å²) in [5.74, 6) is 0.255. The van der Waals surface area contributed by atoms with Crippen molar-refractivity contribution in [2.75, 3.05) is 26.4 Å². The number of esters is 1. The standard InChI is InChI=1S/C26H28ClNO5/c1-4-32-23(29)10-9-21-14-20-13-19(15-22(27)24(20)33-21)17-5-7-18(8-6-17)25(30)28-11-12-31-16-26(28,2)3/h5-10,13,15,21H,4,11-12,14,16H2,1-3H3/b10-9+. The van der Waals surface area contributed by atoms with Crippen molar-refractivity contribution in [3.05, 3.63) is 64.7 Å². The summed E-state index contributed by atoms with van der Waals surface area (Å²) >= 11 is 6.50. The Morgan fingerprint density at radius 2 is 1.97 bits per heavy atom. The molecule has 1 saturated heterocycles. The first-order valence-electron chi connectivity index (χ1n) is 11.1. The fourth-order valence-electron chi connectivity index (χ4n) is 4.19. The second-order valence-electron chi connectivity index (χ2n) is 8.82. The van der Waals surface area contributed by atoms with Crippen molar-refractivity contribution in [2.45, 2.75) is 38.8 Å². The van der Waals surface area contributed by atoms with E-state index < -0.39 is 0 Å². The van der Waals surface area contributed by atoms with Gasteiger partial charge in [0.05, 0.1) is 30.4 Å². The Hall–Kier alpha value is -2.83. The molecular formula is C26H28ClNO5. The monoisotopic (exact) mass is 469 g/mol. The van der Waals surface area contributed by atoms with E-state index in [2.05, 4.69) is 0 Å². The minimum atomic E-state index is -0.390. The Kier molecular flexibility index (Phi) is 6.77. The van der Waals surface area contributed by atoms with Crippen LogP contribution in [0, 0.1) is 0 Å². The van der Waals surface area contributed by atoms with Crippen molar-refractivity contribution in [2.24, 2.45) is 0 Å². The van der Waals surface area contributed by atoms with Crippen LogP contribution in [0.25, 0.3) is 11.1 Å². The highest BCUT2D eigenvalue weighted by Gasteiger charge is 2.34. The smallest absolute Gasteiger partial charge is 0.330 e. The minimum Gasteiger partial charge on any atom is -0.484 e. The van der Waals surface area contributed by atoms with Gasteiger partial charge >= 0.3 is 5.97 Å². The Morgan fingerprint density at radius 1 is 1.21 bits per heavy atom. The number of halogens is 1. The van der Waals surface area contributed by atoms with E-state index in [1.165, 1.54) is 6.08 Å². The molecule has 2 aromatic carbocycles. The van der Waals surface area contributed by atoms with Crippen molar-refractivity contribution in [1.82, 2.24) is 4.90 Å². The minimum absolute atomic E-state index is 0.00599. The van der Waals surface area contributed by atoms with Gasteiger partial charge in [-0.25, -0.2) is 4.79 Å². The number of morpholine rings is 1. The maximum atomic E-state index is 13.1. The Balaban J connectivity index is 1.50. The predicted molar refractivity (Wildman–Crippen MR) is 127 cm³/mol. The summed E-state index contributed by atoms with van der Waals surface area (Å²) in [5.41, 5.74) is 3.20. The lowest BCUT2D eigenvalue weighted by molar-refractivity contribution is -0.137. The summed E-state index contributed by atoms with van der Waals surface area (Å²) in [6.07, 6.45) is 3.43. The second-order valence-corrected chi connectivity index (χ2v) is 9.22. The van der Waals surface area contributed by atoms with Gasteiger partial charge in [-0.1, -0.05) is 23.7 Å². The zero-order chi connectivity index (χ0) is 23.6. The van der Waals surface area contributed by atoms with E-state index in [0.29, 0.717) is 49.1 Å². The van der Waals surface area contributed by atoms with Crippen LogP contribution < -0.4 is 4.74 Å². The van der Waals surface area contributed by atoms with E-state index in [0.717, 1.165) is 16.7 Å². The third-order valence-corrected chi connectivity index (χ3v) is 6.18. The number of fused-ring (bicyclic) bond motifs is 1. The van der Waals surface area contributed by atoms with Crippen molar-refractivity contribution >= 4 is 23.5 Å². The van der Waals surface area contributed by atoms with Gasteiger partial charge in [0.1, 0.15) is 11.9 Å². The van der Waals surface area contributed by atoms with Gasteiger partial charge in [0.25, 0.3) is 5.91 Å². The molecule has 2 heterocycles. The van der Waals surface area contributed by atoms with E-state index in [4.69, 9.17) is 25.8 Å². The van der Waals surface area contributed by atoms with Crippen molar-refractivity contribution in [1.29, 1.82) is 0 Å². The molecule has 1 amide bonds. The molecule has 4 rings (SSSR count). The van der Waals surface area contributed by atoms with Crippen LogP contribution in [0.1, 0.15) is 36.7 Å². The van der Waals surface area contributed by atoms with Gasteiger partial charge in [0.15, 0.2) is 0 Å². The Bertz CT molecular complexity index is 1080. The zero-order valence-corrected chi connectivity index (χ0v) is 19.9. The molecule has 0 aliphatic carbocycles. The van der Waals surface area contributed by atoms with Crippen LogP contribution >= 0.6 is 11.6 Å². The van der Waals surface area contributed by atoms with Gasteiger partial charge in [0, 0.05) is 30.2 Å². The third-order valence-electron chi connectivity index (χ3n) is 5.90. The van der Waals surface area contributed by atoms with E-state index in [1.807, 2.05) is 55.1 Å². The number of rotatable bonds is 5. The van der Waals surface area contributed by atoms with Gasteiger partial charge in [-0.15, -0.1) is 0 Å². The largest absolute Gasteiger partial charge is 0.484 e. The van der Waals surface area contributed by atoms with E-state index >= 15 is 0 Å². The van der Waals surface area contributed by atoms with Crippen LogP contribution in [0.4, 0.5) is 0 Å². The molecule has 174 valence electrons. The molecular weight excluding hydrogens is 442 g/mol. The van der Waals surface area contributed by atoms with E-state index in [1.54, 1.807) is 13.0 Å². The Morgan fingerprint density at radius 3 is 2.67 bits per heavy atom. The SMILES string of the molecule is CCOC(=O)/C=C/C1Cc2cc(-c3ccc(C(=O)N4CCOCC4(C)C)cc3)cc(Cl)c2O1. The molecule has 6 nitrogen and oxygen atoms in total. The molecule has 1 fully saturated rings. The highest BCUT2D eigenvalue weighted by molar-refractivity contribution is 6.32. The van der Waals surface area contributed by atoms with Crippen LogP contribution in [0.3, 0.4) is 0 Å². The van der Waals surface area contributed by atoms with Crippen molar-refractivity contribution < 1.29 is 23.8 Å². The molecule has 0 aromatic heterocycles. The summed E-state index contributed by atoms with van der Waals surface area (Å²) in [6.45, 7) is 7.80. The molecule has 2 aliphatic rings. The molecule has 1 unspecified atom stereocenters. The number of hydrogen-bond donors (Lipinski definition) is 0. The lowest BCUT2D eigenvalue weighted by Crippen LogP contribution is -2.55. The normalized spacial score (nSPS) is 19.3. The fourth-order valence-corrected chi connectivity index (χ4v) is 4.47. The first-order chi connectivity index (χ1) is 15.8. The molecule has 0 bridgehead atoms. The van der Waals surface area contributed by atoms with Crippen molar-refractivity contribution in [3.63, 3.8) is 0 Å². The molecule has 0 saturated carbocycles. The van der Waals surface area contributed by atoms with Crippen LogP contribution in [-0.2, 0) is 20.7 Å². The number of carbonyl (C=O) groups excluding carboxylic acids is 2. The van der Waals surface area contributed by atoms with Gasteiger partial charge in [-0.05, 0) is 62.2 Å². The highest BCUT2D eigenvalue weighted by atomic mass is 35.5. The molecule has 2 aromatic rings. The maximum Gasteiger partial charge on any atom is 0.330 e. The molecule has 2 aliphatic heterocycles. The first-order valence-corrected chi connectivity index (χ1v) is 11.5. The van der Waals surface area contributed by atoms with Gasteiger partial charge in [0.2, 0.25) is 0 Å². The summed E-state index contributed by atoms with van der Waals surface area (Å²) in [6, 6.07) is 11.5. The second kappa shape index (κ2) is 9.57. The van der Waals surface area contributed by atoms with Crippen molar-refractivity contribution in [3.8, 4) is 16.9 Å². The maximum absolute atomic E-state index is 13.1. The average molecular weight is 470 g/mol. The van der Waals surface area contributed by atoms with Gasteiger partial charge < -0.3 is 19.1 Å². The zero-order valence-electron chi connectivity index (χ0n) is 19.1. The fraction of sp³-hybridized carbons (Fsp3) is 0.385. The summed E-state index contributed by atoms with van der Waals surface area (Å²) in [7, 11) is 0. The van der Waals surface area contributed by atoms with Crippen LogP contribution in [0.15, 0.2) is 48.6 Å². The number of nitrogens with zero attached hydrogens (tertiary/aromatic N) is 1. The lowest BCUT2D eigenvalue weighted by atomic mass is 9.98. The van der Waals surface area contributed by atoms with Gasteiger partial charge in [-0.2, -0.15) is 0 Å². The summed E-state index contributed by atoms with van der Waals surface area (Å²) < 4.78 is 16.4. The lowest BCUT2D eigenvalue weighted by Gasteiger charge is -2.42. The van der Waals surface area contributed by atoms with Gasteiger partial charge in [-0.3, -0.25) is 4.79 Å². The number of amides is 1. The average Bonchev–Trinajstić information content (AvgIpc) is 3.21. The predicted octanol–water partition coefficient (Wildman–Crippen LogP) is 4.68. The number of carbonyl (C=O) groups is 2. The number of benzene rings is 2. The molecule has 0 radical (unpaired) electrons. The quantitative estimate of drug-likeness (QED) is 0.470. The van der Waals surface area contributed by atoms with Crippen LogP contribution in [0.2, 0.25) is 5.02 Å². The van der Waals surface area contributed by atoms with Crippen LogP contribution in [0.5, 0.6) is 5.75 Å². The highest BCUT2D eigenvalue weighted by Crippen LogP contribution is 2.40. The topological polar surface area (TPSA) is 65.1 Å². The first kappa shape index (κ1) is 23.3.